The standard InChI is InChI=1S/C17H11F3N6O3S/c18-17(19,20)11-3-1-2-4-12(11)22-23-14-13(24-25(15(14)27)16(21)30)9-5-7-10(8-6-9)26(28)29/h1-8,24H,(H2,21,30). The van der Waals surface area contributed by atoms with E-state index >= 15 is 0 Å². The molecule has 0 aliphatic heterocycles. The van der Waals surface area contributed by atoms with Crippen LogP contribution in [-0.4, -0.2) is 19.8 Å². The SMILES string of the molecule is NC(=S)n1[nH]c(-c2ccc([N+](=O)[O-])cc2)c(N=Nc2ccccc2C(F)(F)F)c1=O. The fourth-order valence-corrected chi connectivity index (χ4v) is 2.66. The highest BCUT2D eigenvalue weighted by molar-refractivity contribution is 7.80. The highest BCUT2D eigenvalue weighted by Gasteiger charge is 2.33. The molecule has 2 aromatic carbocycles. The summed E-state index contributed by atoms with van der Waals surface area (Å²) in [5.41, 5.74) is 2.85. The first kappa shape index (κ1) is 20.9. The quantitative estimate of drug-likeness (QED) is 0.273. The summed E-state index contributed by atoms with van der Waals surface area (Å²) in [7, 11) is 0. The predicted molar refractivity (Wildman–Crippen MR) is 105 cm³/mol. The fraction of sp³-hybridized carbons (Fsp3) is 0.0588. The minimum absolute atomic E-state index is 0.0240. The van der Waals surface area contributed by atoms with Gasteiger partial charge in [0.15, 0.2) is 10.8 Å². The Morgan fingerprint density at radius 2 is 1.77 bits per heavy atom. The average Bonchev–Trinajstić information content (AvgIpc) is 3.02. The Bertz CT molecular complexity index is 1210. The van der Waals surface area contributed by atoms with E-state index in [0.29, 0.717) is 0 Å². The number of nitrogens with zero attached hydrogens (tertiary/aromatic N) is 4. The van der Waals surface area contributed by atoms with Gasteiger partial charge in [-0.2, -0.15) is 17.9 Å². The van der Waals surface area contributed by atoms with Crippen LogP contribution in [0.1, 0.15) is 5.56 Å². The van der Waals surface area contributed by atoms with Crippen molar-refractivity contribution in [1.29, 1.82) is 0 Å². The van der Waals surface area contributed by atoms with Crippen molar-refractivity contribution in [1.82, 2.24) is 9.78 Å². The highest BCUT2D eigenvalue weighted by atomic mass is 32.1. The second-order valence-corrected chi connectivity index (χ2v) is 6.25. The summed E-state index contributed by atoms with van der Waals surface area (Å²) in [5, 5.41) is 20.3. The molecule has 0 saturated carbocycles. The van der Waals surface area contributed by atoms with Gasteiger partial charge in [-0.25, -0.2) is 0 Å². The van der Waals surface area contributed by atoms with Gasteiger partial charge in [-0.1, -0.05) is 12.1 Å². The molecule has 3 aromatic rings. The van der Waals surface area contributed by atoms with Crippen LogP contribution in [0.5, 0.6) is 0 Å². The number of halogens is 3. The maximum Gasteiger partial charge on any atom is 0.418 e. The number of thiocarbonyl (C=S) groups is 1. The summed E-state index contributed by atoms with van der Waals surface area (Å²) < 4.78 is 40.2. The van der Waals surface area contributed by atoms with E-state index in [0.717, 1.165) is 16.8 Å². The average molecular weight is 436 g/mol. The molecule has 0 radical (unpaired) electrons. The van der Waals surface area contributed by atoms with Crippen LogP contribution in [0.15, 0.2) is 63.6 Å². The Balaban J connectivity index is 2.14. The lowest BCUT2D eigenvalue weighted by Gasteiger charge is -2.08. The first-order chi connectivity index (χ1) is 14.1. The van der Waals surface area contributed by atoms with Gasteiger partial charge >= 0.3 is 11.7 Å². The molecule has 1 heterocycles. The van der Waals surface area contributed by atoms with Crippen molar-refractivity contribution in [3.63, 3.8) is 0 Å². The van der Waals surface area contributed by atoms with E-state index in [1.807, 2.05) is 0 Å². The molecule has 0 unspecified atom stereocenters. The van der Waals surface area contributed by atoms with E-state index in [9.17, 15) is 28.1 Å². The largest absolute Gasteiger partial charge is 0.418 e. The molecule has 0 fully saturated rings. The first-order valence-corrected chi connectivity index (χ1v) is 8.48. The van der Waals surface area contributed by atoms with E-state index in [2.05, 4.69) is 15.3 Å². The number of nitrogens with two attached hydrogens (primary N) is 1. The molecule has 0 aliphatic carbocycles. The van der Waals surface area contributed by atoms with Crippen LogP contribution in [-0.2, 0) is 6.18 Å². The van der Waals surface area contributed by atoms with Crippen LogP contribution in [0.2, 0.25) is 0 Å². The van der Waals surface area contributed by atoms with Gasteiger partial charge in [0.1, 0.15) is 0 Å². The maximum atomic E-state index is 13.1. The Kier molecular flexibility index (Phi) is 5.47. The molecule has 13 heteroatoms. The smallest absolute Gasteiger partial charge is 0.374 e. The number of nitro benzene ring substituents is 1. The molecule has 154 valence electrons. The van der Waals surface area contributed by atoms with Gasteiger partial charge in [0.05, 0.1) is 21.9 Å². The number of nitro groups is 1. The summed E-state index contributed by atoms with van der Waals surface area (Å²) in [4.78, 5) is 22.8. The first-order valence-electron chi connectivity index (χ1n) is 8.07. The van der Waals surface area contributed by atoms with Crippen LogP contribution in [0.4, 0.5) is 30.2 Å². The number of hydrogen-bond acceptors (Lipinski definition) is 6. The second kappa shape index (κ2) is 7.87. The molecule has 0 amide bonds. The number of aromatic nitrogens is 2. The summed E-state index contributed by atoms with van der Waals surface area (Å²) in [6.45, 7) is 0. The van der Waals surface area contributed by atoms with Crippen molar-refractivity contribution in [2.45, 2.75) is 6.18 Å². The van der Waals surface area contributed by atoms with Gasteiger partial charge in [-0.3, -0.25) is 20.0 Å². The van der Waals surface area contributed by atoms with Crippen LogP contribution >= 0.6 is 12.2 Å². The molecule has 0 spiro atoms. The maximum absolute atomic E-state index is 13.1. The van der Waals surface area contributed by atoms with Crippen molar-refractivity contribution >= 4 is 34.4 Å². The Hall–Kier alpha value is -3.87. The number of nitrogens with one attached hydrogen (secondary N) is 1. The Labute approximate surface area is 170 Å². The summed E-state index contributed by atoms with van der Waals surface area (Å²) >= 11 is 4.77. The van der Waals surface area contributed by atoms with E-state index in [1.165, 1.54) is 36.4 Å². The van der Waals surface area contributed by atoms with Crippen molar-refractivity contribution < 1.29 is 18.1 Å². The third-order valence-electron chi connectivity index (χ3n) is 3.92. The van der Waals surface area contributed by atoms with Crippen LogP contribution in [0.3, 0.4) is 0 Å². The molecule has 9 nitrogen and oxygen atoms in total. The van der Waals surface area contributed by atoms with Gasteiger partial charge in [0.2, 0.25) is 0 Å². The highest BCUT2D eigenvalue weighted by Crippen LogP contribution is 2.37. The number of alkyl halides is 3. The van der Waals surface area contributed by atoms with Gasteiger partial charge in [-0.05, 0) is 36.5 Å². The minimum atomic E-state index is -4.67. The number of non-ortho nitro benzene ring substituents is 1. The van der Waals surface area contributed by atoms with Crippen molar-refractivity contribution in [2.24, 2.45) is 16.0 Å². The zero-order valence-corrected chi connectivity index (χ0v) is 15.6. The molecular weight excluding hydrogens is 425 g/mol. The number of hydrogen-bond donors (Lipinski definition) is 2. The lowest BCUT2D eigenvalue weighted by Crippen LogP contribution is -2.29. The Morgan fingerprint density at radius 1 is 1.13 bits per heavy atom. The third kappa shape index (κ3) is 4.10. The van der Waals surface area contributed by atoms with Crippen LogP contribution in [0, 0.1) is 10.1 Å². The molecule has 3 N–H and O–H groups in total. The normalized spacial score (nSPS) is 11.7. The fourth-order valence-electron chi connectivity index (χ4n) is 2.53. The van der Waals surface area contributed by atoms with Crippen molar-refractivity contribution in [3.05, 3.63) is 74.6 Å². The minimum Gasteiger partial charge on any atom is -0.374 e. The van der Waals surface area contributed by atoms with Crippen LogP contribution < -0.4 is 11.3 Å². The number of azo groups is 1. The Morgan fingerprint density at radius 3 is 2.33 bits per heavy atom. The molecule has 0 bridgehead atoms. The second-order valence-electron chi connectivity index (χ2n) is 5.83. The molecule has 0 atom stereocenters. The van der Waals surface area contributed by atoms with E-state index in [-0.39, 0.29) is 27.7 Å². The lowest BCUT2D eigenvalue weighted by molar-refractivity contribution is -0.384. The molecular formula is C17H11F3N6O3S. The topological polar surface area (TPSA) is 132 Å². The van der Waals surface area contributed by atoms with Crippen LogP contribution in [0.25, 0.3) is 11.3 Å². The number of benzene rings is 2. The van der Waals surface area contributed by atoms with Crippen molar-refractivity contribution in [2.75, 3.05) is 0 Å². The van der Waals surface area contributed by atoms with Gasteiger partial charge in [0, 0.05) is 17.7 Å². The number of H-pyrrole nitrogens is 1. The molecule has 3 rings (SSSR count). The predicted octanol–water partition coefficient (Wildman–Crippen LogP) is 4.28. The number of rotatable bonds is 4. The van der Waals surface area contributed by atoms with Gasteiger partial charge in [0.25, 0.3) is 5.69 Å². The van der Waals surface area contributed by atoms with Crippen molar-refractivity contribution in [3.8, 4) is 11.3 Å². The van der Waals surface area contributed by atoms with E-state index in [1.54, 1.807) is 0 Å². The van der Waals surface area contributed by atoms with Gasteiger partial charge < -0.3 is 5.73 Å². The molecule has 30 heavy (non-hydrogen) atoms. The summed E-state index contributed by atoms with van der Waals surface area (Å²) in [5.74, 6) is 0. The lowest BCUT2D eigenvalue weighted by atomic mass is 10.1. The van der Waals surface area contributed by atoms with E-state index in [4.69, 9.17) is 18.0 Å². The molecule has 0 aliphatic rings. The van der Waals surface area contributed by atoms with E-state index < -0.39 is 27.9 Å². The summed E-state index contributed by atoms with van der Waals surface area (Å²) in [6.07, 6.45) is -4.67. The zero-order chi connectivity index (χ0) is 22.1. The monoisotopic (exact) mass is 436 g/mol. The molecule has 0 saturated heterocycles. The third-order valence-corrected chi connectivity index (χ3v) is 4.10. The summed E-state index contributed by atoms with van der Waals surface area (Å²) in [6, 6.07) is 9.49. The zero-order valence-electron chi connectivity index (χ0n) is 14.8. The molecule has 1 aromatic heterocycles. The van der Waals surface area contributed by atoms with Gasteiger partial charge in [-0.15, -0.1) is 10.2 Å². The number of aromatic amines is 1.